The molecule has 0 aliphatic heterocycles. The minimum absolute atomic E-state index is 0.0736. The third-order valence-corrected chi connectivity index (χ3v) is 2.74. The summed E-state index contributed by atoms with van der Waals surface area (Å²) < 4.78 is 4.93. The monoisotopic (exact) mass is 244 g/mol. The summed E-state index contributed by atoms with van der Waals surface area (Å²) in [5.41, 5.74) is 0. The molecule has 0 spiro atoms. The molecule has 0 aliphatic carbocycles. The SMILES string of the molecule is CCCCC(C)NC(C)C(=O)NCCCOC. The maximum Gasteiger partial charge on any atom is 0.236 e. The number of carbonyl (C=O) groups is 1. The van der Waals surface area contributed by atoms with Crippen LogP contribution >= 0.6 is 0 Å². The largest absolute Gasteiger partial charge is 0.385 e. The highest BCUT2D eigenvalue weighted by molar-refractivity contribution is 5.81. The smallest absolute Gasteiger partial charge is 0.236 e. The van der Waals surface area contributed by atoms with Gasteiger partial charge in [0.1, 0.15) is 0 Å². The molecule has 0 heterocycles. The van der Waals surface area contributed by atoms with Crippen molar-refractivity contribution in [2.24, 2.45) is 0 Å². The molecule has 2 unspecified atom stereocenters. The standard InChI is InChI=1S/C13H28N2O2/c1-5-6-8-11(2)15-12(3)13(16)14-9-7-10-17-4/h11-12,15H,5-10H2,1-4H3,(H,14,16). The average molecular weight is 244 g/mol. The third kappa shape index (κ3) is 9.12. The van der Waals surface area contributed by atoms with Crippen molar-refractivity contribution in [3.63, 3.8) is 0 Å². The first kappa shape index (κ1) is 16.4. The molecule has 0 saturated carbocycles. The molecular weight excluding hydrogens is 216 g/mol. The summed E-state index contributed by atoms with van der Waals surface area (Å²) in [7, 11) is 1.67. The maximum atomic E-state index is 11.7. The summed E-state index contributed by atoms with van der Waals surface area (Å²) in [6.07, 6.45) is 4.39. The molecule has 17 heavy (non-hydrogen) atoms. The Hall–Kier alpha value is -0.610. The van der Waals surface area contributed by atoms with Crippen LogP contribution in [-0.4, -0.2) is 38.3 Å². The first-order chi connectivity index (χ1) is 8.11. The van der Waals surface area contributed by atoms with E-state index in [2.05, 4.69) is 24.5 Å². The normalized spacial score (nSPS) is 14.4. The van der Waals surface area contributed by atoms with Crippen molar-refractivity contribution in [1.29, 1.82) is 0 Å². The summed E-state index contributed by atoms with van der Waals surface area (Å²) in [5.74, 6) is 0.0736. The summed E-state index contributed by atoms with van der Waals surface area (Å²) in [4.78, 5) is 11.7. The zero-order valence-corrected chi connectivity index (χ0v) is 11.7. The topological polar surface area (TPSA) is 50.4 Å². The highest BCUT2D eigenvalue weighted by Crippen LogP contribution is 2.00. The molecule has 2 atom stereocenters. The van der Waals surface area contributed by atoms with Gasteiger partial charge in [-0.15, -0.1) is 0 Å². The Bertz CT molecular complexity index is 198. The minimum Gasteiger partial charge on any atom is -0.385 e. The number of methoxy groups -OCH3 is 1. The average Bonchev–Trinajstić information content (AvgIpc) is 2.31. The molecule has 102 valence electrons. The Kier molecular flexibility index (Phi) is 10.2. The van der Waals surface area contributed by atoms with Crippen molar-refractivity contribution in [2.45, 2.75) is 58.5 Å². The van der Waals surface area contributed by atoms with Crippen molar-refractivity contribution in [3.05, 3.63) is 0 Å². The van der Waals surface area contributed by atoms with Gasteiger partial charge in [0.05, 0.1) is 6.04 Å². The molecule has 0 aromatic rings. The van der Waals surface area contributed by atoms with E-state index in [1.54, 1.807) is 7.11 Å². The van der Waals surface area contributed by atoms with Crippen LogP contribution in [-0.2, 0) is 9.53 Å². The molecule has 1 amide bonds. The number of ether oxygens (including phenoxy) is 1. The third-order valence-electron chi connectivity index (χ3n) is 2.74. The molecule has 0 rings (SSSR count). The Labute approximate surface area is 105 Å². The number of rotatable bonds is 10. The molecule has 2 N–H and O–H groups in total. The second-order valence-electron chi connectivity index (χ2n) is 4.57. The fourth-order valence-corrected chi connectivity index (χ4v) is 1.68. The summed E-state index contributed by atoms with van der Waals surface area (Å²) in [6, 6.07) is 0.277. The fourth-order valence-electron chi connectivity index (χ4n) is 1.68. The van der Waals surface area contributed by atoms with Gasteiger partial charge in [-0.2, -0.15) is 0 Å². The highest BCUT2D eigenvalue weighted by Gasteiger charge is 2.14. The number of nitrogens with one attached hydrogen (secondary N) is 2. The molecular formula is C13H28N2O2. The summed E-state index contributed by atoms with van der Waals surface area (Å²) in [6.45, 7) is 7.59. The zero-order valence-electron chi connectivity index (χ0n) is 11.7. The maximum absolute atomic E-state index is 11.7. The molecule has 0 aliphatic rings. The van der Waals surface area contributed by atoms with E-state index in [-0.39, 0.29) is 11.9 Å². The van der Waals surface area contributed by atoms with Gasteiger partial charge in [0, 0.05) is 26.3 Å². The molecule has 4 heteroatoms. The molecule has 0 aromatic heterocycles. The van der Waals surface area contributed by atoms with Gasteiger partial charge in [0.15, 0.2) is 0 Å². The molecule has 4 nitrogen and oxygen atoms in total. The number of unbranched alkanes of at least 4 members (excludes halogenated alkanes) is 1. The van der Waals surface area contributed by atoms with E-state index in [0.717, 1.165) is 12.8 Å². The minimum atomic E-state index is -0.121. The van der Waals surface area contributed by atoms with Crippen LogP contribution in [0.15, 0.2) is 0 Å². The van der Waals surface area contributed by atoms with Crippen molar-refractivity contribution < 1.29 is 9.53 Å². The van der Waals surface area contributed by atoms with Crippen molar-refractivity contribution >= 4 is 5.91 Å². The lowest BCUT2D eigenvalue weighted by Gasteiger charge is -2.19. The Balaban J connectivity index is 3.65. The number of amides is 1. The van der Waals surface area contributed by atoms with Gasteiger partial charge < -0.3 is 15.4 Å². The van der Waals surface area contributed by atoms with Crippen LogP contribution in [0.2, 0.25) is 0 Å². The van der Waals surface area contributed by atoms with Gasteiger partial charge in [-0.1, -0.05) is 19.8 Å². The van der Waals surface area contributed by atoms with Crippen LogP contribution in [0.4, 0.5) is 0 Å². The van der Waals surface area contributed by atoms with Crippen molar-refractivity contribution in [3.8, 4) is 0 Å². The number of carbonyl (C=O) groups excluding carboxylic acids is 1. The van der Waals surface area contributed by atoms with E-state index in [1.165, 1.54) is 12.8 Å². The van der Waals surface area contributed by atoms with Gasteiger partial charge in [-0.05, 0) is 26.7 Å². The quantitative estimate of drug-likeness (QED) is 0.575. The van der Waals surface area contributed by atoms with E-state index in [9.17, 15) is 4.79 Å². The highest BCUT2D eigenvalue weighted by atomic mass is 16.5. The molecule has 0 bridgehead atoms. The van der Waals surface area contributed by atoms with Gasteiger partial charge in [0.2, 0.25) is 5.91 Å². The number of hydrogen-bond acceptors (Lipinski definition) is 3. The lowest BCUT2D eigenvalue weighted by atomic mass is 10.1. The van der Waals surface area contributed by atoms with Crippen LogP contribution < -0.4 is 10.6 Å². The lowest BCUT2D eigenvalue weighted by Crippen LogP contribution is -2.46. The predicted molar refractivity (Wildman–Crippen MR) is 71.1 cm³/mol. The molecule has 0 radical (unpaired) electrons. The van der Waals surface area contributed by atoms with Crippen LogP contribution in [0.1, 0.15) is 46.5 Å². The van der Waals surface area contributed by atoms with E-state index in [4.69, 9.17) is 4.74 Å². The van der Waals surface area contributed by atoms with Crippen LogP contribution in [0.25, 0.3) is 0 Å². The lowest BCUT2D eigenvalue weighted by molar-refractivity contribution is -0.122. The van der Waals surface area contributed by atoms with Crippen LogP contribution in [0.3, 0.4) is 0 Å². The van der Waals surface area contributed by atoms with Gasteiger partial charge in [-0.25, -0.2) is 0 Å². The summed E-state index contributed by atoms with van der Waals surface area (Å²) in [5, 5.41) is 6.21. The Morgan fingerprint density at radius 2 is 2.00 bits per heavy atom. The molecule has 0 fully saturated rings. The van der Waals surface area contributed by atoms with E-state index in [1.807, 2.05) is 6.92 Å². The van der Waals surface area contributed by atoms with Crippen molar-refractivity contribution in [2.75, 3.05) is 20.3 Å². The van der Waals surface area contributed by atoms with E-state index < -0.39 is 0 Å². The van der Waals surface area contributed by atoms with Crippen LogP contribution in [0.5, 0.6) is 0 Å². The predicted octanol–water partition coefficient (Wildman–Crippen LogP) is 1.70. The second kappa shape index (κ2) is 10.5. The van der Waals surface area contributed by atoms with Gasteiger partial charge >= 0.3 is 0 Å². The van der Waals surface area contributed by atoms with Crippen LogP contribution in [0, 0.1) is 0 Å². The number of hydrogen-bond donors (Lipinski definition) is 2. The first-order valence-corrected chi connectivity index (χ1v) is 6.64. The Morgan fingerprint density at radius 1 is 1.29 bits per heavy atom. The first-order valence-electron chi connectivity index (χ1n) is 6.64. The Morgan fingerprint density at radius 3 is 2.59 bits per heavy atom. The van der Waals surface area contributed by atoms with Gasteiger partial charge in [-0.3, -0.25) is 4.79 Å². The summed E-state index contributed by atoms with van der Waals surface area (Å²) >= 11 is 0. The van der Waals surface area contributed by atoms with E-state index in [0.29, 0.717) is 19.2 Å². The second-order valence-corrected chi connectivity index (χ2v) is 4.57. The van der Waals surface area contributed by atoms with Gasteiger partial charge in [0.25, 0.3) is 0 Å². The molecule has 0 saturated heterocycles. The zero-order chi connectivity index (χ0) is 13.1. The fraction of sp³-hybridized carbons (Fsp3) is 0.923. The van der Waals surface area contributed by atoms with Crippen molar-refractivity contribution in [1.82, 2.24) is 10.6 Å². The molecule has 0 aromatic carbocycles. The van der Waals surface area contributed by atoms with E-state index >= 15 is 0 Å².